The van der Waals surface area contributed by atoms with E-state index in [0.717, 1.165) is 25.9 Å². The molecule has 3 amide bonds. The molecule has 0 bridgehead atoms. The van der Waals surface area contributed by atoms with Crippen molar-refractivity contribution >= 4 is 17.7 Å². The molecule has 32 heavy (non-hydrogen) atoms. The van der Waals surface area contributed by atoms with Gasteiger partial charge in [-0.25, -0.2) is 4.39 Å². The molecule has 2 fully saturated rings. The lowest BCUT2D eigenvalue weighted by Crippen LogP contribution is -2.57. The van der Waals surface area contributed by atoms with Gasteiger partial charge in [-0.05, 0) is 43.0 Å². The Bertz CT molecular complexity index is 783. The van der Waals surface area contributed by atoms with E-state index in [1.54, 1.807) is 4.90 Å². The number of carbonyl (C=O) groups excluding carboxylic acids is 3. The molecule has 1 aromatic rings. The highest BCUT2D eigenvalue weighted by molar-refractivity contribution is 5.97. The molecule has 2 saturated heterocycles. The minimum Gasteiger partial charge on any atom is -0.342 e. The Kier molecular flexibility index (Phi) is 8.61. The number of hydrogen-bond donors (Lipinski definition) is 1. The summed E-state index contributed by atoms with van der Waals surface area (Å²) in [6, 6.07) is 4.62. The standard InChI is InChI=1S/C24H35FN4O3/c1-18(2)22(26-23(31)19-7-9-20(25)10-8-19)24(32)29-15-13-27(14-16-29)17-21(30)28-11-5-3-4-6-12-28/h7-10,18,22H,3-6,11-17H2,1-2H3,(H,26,31). The van der Waals surface area contributed by atoms with Crippen LogP contribution >= 0.6 is 0 Å². The van der Waals surface area contributed by atoms with Gasteiger partial charge in [0.2, 0.25) is 11.8 Å². The molecule has 2 heterocycles. The summed E-state index contributed by atoms with van der Waals surface area (Å²) in [4.78, 5) is 44.2. The van der Waals surface area contributed by atoms with E-state index in [0.29, 0.717) is 38.3 Å². The third-order valence-corrected chi connectivity index (χ3v) is 6.33. The van der Waals surface area contributed by atoms with Crippen LogP contribution in [0.4, 0.5) is 4.39 Å². The topological polar surface area (TPSA) is 73.0 Å². The summed E-state index contributed by atoms with van der Waals surface area (Å²) in [6.07, 6.45) is 4.54. The van der Waals surface area contributed by atoms with Gasteiger partial charge in [0.05, 0.1) is 6.54 Å². The van der Waals surface area contributed by atoms with E-state index in [4.69, 9.17) is 0 Å². The van der Waals surface area contributed by atoms with Gasteiger partial charge in [0.1, 0.15) is 11.9 Å². The number of amides is 3. The fourth-order valence-electron chi connectivity index (χ4n) is 4.27. The number of rotatable bonds is 6. The van der Waals surface area contributed by atoms with Gasteiger partial charge in [-0.3, -0.25) is 19.3 Å². The largest absolute Gasteiger partial charge is 0.342 e. The second kappa shape index (κ2) is 11.4. The number of piperazine rings is 1. The van der Waals surface area contributed by atoms with Crippen LogP contribution < -0.4 is 5.32 Å². The van der Waals surface area contributed by atoms with E-state index in [1.807, 2.05) is 18.7 Å². The Morgan fingerprint density at radius 1 is 0.875 bits per heavy atom. The first-order valence-electron chi connectivity index (χ1n) is 11.7. The van der Waals surface area contributed by atoms with Crippen molar-refractivity contribution in [3.8, 4) is 0 Å². The molecule has 1 aromatic carbocycles. The highest BCUT2D eigenvalue weighted by Crippen LogP contribution is 2.13. The third-order valence-electron chi connectivity index (χ3n) is 6.33. The van der Waals surface area contributed by atoms with Crippen LogP contribution in [0.3, 0.4) is 0 Å². The SMILES string of the molecule is CC(C)C(NC(=O)c1ccc(F)cc1)C(=O)N1CCN(CC(=O)N2CCCCCC2)CC1. The predicted molar refractivity (Wildman–Crippen MR) is 121 cm³/mol. The zero-order chi connectivity index (χ0) is 23.1. The Morgan fingerprint density at radius 2 is 1.47 bits per heavy atom. The van der Waals surface area contributed by atoms with Crippen molar-refractivity contribution in [1.82, 2.24) is 20.0 Å². The quantitative estimate of drug-likeness (QED) is 0.727. The molecule has 3 rings (SSSR count). The van der Waals surface area contributed by atoms with Crippen molar-refractivity contribution in [2.24, 2.45) is 5.92 Å². The number of hydrogen-bond acceptors (Lipinski definition) is 4. The van der Waals surface area contributed by atoms with Crippen LogP contribution in [0.5, 0.6) is 0 Å². The maximum Gasteiger partial charge on any atom is 0.251 e. The number of halogens is 1. The number of likely N-dealkylation sites (tertiary alicyclic amines) is 1. The van der Waals surface area contributed by atoms with E-state index in [-0.39, 0.29) is 17.7 Å². The predicted octanol–water partition coefficient (Wildman–Crippen LogP) is 2.13. The molecule has 176 valence electrons. The first-order valence-corrected chi connectivity index (χ1v) is 11.7. The average molecular weight is 447 g/mol. The molecule has 0 spiro atoms. The highest BCUT2D eigenvalue weighted by atomic mass is 19.1. The van der Waals surface area contributed by atoms with Gasteiger partial charge in [-0.1, -0.05) is 26.7 Å². The number of benzene rings is 1. The first-order chi connectivity index (χ1) is 15.3. The second-order valence-corrected chi connectivity index (χ2v) is 9.10. The van der Waals surface area contributed by atoms with Crippen LogP contribution in [-0.2, 0) is 9.59 Å². The van der Waals surface area contributed by atoms with Gasteiger partial charge < -0.3 is 15.1 Å². The van der Waals surface area contributed by atoms with Crippen molar-refractivity contribution in [3.05, 3.63) is 35.6 Å². The van der Waals surface area contributed by atoms with Crippen LogP contribution in [-0.4, -0.2) is 84.3 Å². The molecule has 1 N–H and O–H groups in total. The van der Waals surface area contributed by atoms with E-state index >= 15 is 0 Å². The third kappa shape index (κ3) is 6.51. The highest BCUT2D eigenvalue weighted by Gasteiger charge is 2.31. The average Bonchev–Trinajstić information content (AvgIpc) is 3.07. The van der Waals surface area contributed by atoms with Crippen LogP contribution in [0.2, 0.25) is 0 Å². The molecular formula is C24H35FN4O3. The molecule has 0 saturated carbocycles. The van der Waals surface area contributed by atoms with Gasteiger partial charge in [0, 0.05) is 44.8 Å². The minimum atomic E-state index is -0.655. The van der Waals surface area contributed by atoms with Crippen LogP contribution in [0.25, 0.3) is 0 Å². The van der Waals surface area contributed by atoms with E-state index in [1.165, 1.54) is 37.1 Å². The summed E-state index contributed by atoms with van der Waals surface area (Å²) in [6.45, 7) is 8.22. The van der Waals surface area contributed by atoms with E-state index in [2.05, 4.69) is 10.2 Å². The summed E-state index contributed by atoms with van der Waals surface area (Å²) in [5, 5.41) is 2.81. The lowest BCUT2D eigenvalue weighted by Gasteiger charge is -2.37. The first kappa shape index (κ1) is 24.2. The number of nitrogens with zero attached hydrogens (tertiary/aromatic N) is 3. The van der Waals surface area contributed by atoms with Gasteiger partial charge in [0.25, 0.3) is 5.91 Å². The minimum absolute atomic E-state index is 0.0884. The Morgan fingerprint density at radius 3 is 2.03 bits per heavy atom. The van der Waals surface area contributed by atoms with Gasteiger partial charge in [-0.15, -0.1) is 0 Å². The summed E-state index contributed by atoms with van der Waals surface area (Å²) in [7, 11) is 0. The Hall–Kier alpha value is -2.48. The second-order valence-electron chi connectivity index (χ2n) is 9.10. The Balaban J connectivity index is 1.51. The van der Waals surface area contributed by atoms with Crippen molar-refractivity contribution < 1.29 is 18.8 Å². The van der Waals surface area contributed by atoms with E-state index in [9.17, 15) is 18.8 Å². The molecule has 0 aliphatic carbocycles. The van der Waals surface area contributed by atoms with E-state index < -0.39 is 17.8 Å². The molecular weight excluding hydrogens is 411 g/mol. The molecule has 7 nitrogen and oxygen atoms in total. The molecule has 2 aliphatic heterocycles. The monoisotopic (exact) mass is 446 g/mol. The molecule has 1 unspecified atom stereocenters. The fourth-order valence-corrected chi connectivity index (χ4v) is 4.27. The maximum absolute atomic E-state index is 13.1. The zero-order valence-corrected chi connectivity index (χ0v) is 19.2. The van der Waals surface area contributed by atoms with Gasteiger partial charge in [-0.2, -0.15) is 0 Å². The lowest BCUT2D eigenvalue weighted by molar-refractivity contribution is -0.137. The Labute approximate surface area is 189 Å². The number of carbonyl (C=O) groups is 3. The molecule has 8 heteroatoms. The summed E-state index contributed by atoms with van der Waals surface area (Å²) in [5.41, 5.74) is 0.321. The van der Waals surface area contributed by atoms with Gasteiger partial charge in [0.15, 0.2) is 0 Å². The van der Waals surface area contributed by atoms with Crippen molar-refractivity contribution in [2.75, 3.05) is 45.8 Å². The fraction of sp³-hybridized carbons (Fsp3) is 0.625. The summed E-state index contributed by atoms with van der Waals surface area (Å²) in [5.74, 6) is -0.828. The van der Waals surface area contributed by atoms with Crippen molar-refractivity contribution in [3.63, 3.8) is 0 Å². The molecule has 0 radical (unpaired) electrons. The molecule has 2 aliphatic rings. The maximum atomic E-state index is 13.1. The smallest absolute Gasteiger partial charge is 0.251 e. The normalized spacial score (nSPS) is 18.9. The molecule has 1 atom stereocenters. The van der Waals surface area contributed by atoms with Crippen LogP contribution in [0.1, 0.15) is 49.9 Å². The van der Waals surface area contributed by atoms with Crippen LogP contribution in [0.15, 0.2) is 24.3 Å². The van der Waals surface area contributed by atoms with Crippen LogP contribution in [0, 0.1) is 11.7 Å². The molecule has 0 aromatic heterocycles. The van der Waals surface area contributed by atoms with Crippen molar-refractivity contribution in [2.45, 2.75) is 45.6 Å². The summed E-state index contributed by atoms with van der Waals surface area (Å²) >= 11 is 0. The number of nitrogens with one attached hydrogen (secondary N) is 1. The van der Waals surface area contributed by atoms with Gasteiger partial charge >= 0.3 is 0 Å². The zero-order valence-electron chi connectivity index (χ0n) is 19.2. The summed E-state index contributed by atoms with van der Waals surface area (Å²) < 4.78 is 13.1. The lowest BCUT2D eigenvalue weighted by atomic mass is 10.0. The van der Waals surface area contributed by atoms with Crippen molar-refractivity contribution in [1.29, 1.82) is 0 Å².